The van der Waals surface area contributed by atoms with Gasteiger partial charge in [0, 0.05) is 13.1 Å². The maximum atomic E-state index is 12.0. The summed E-state index contributed by atoms with van der Waals surface area (Å²) in [7, 11) is 0. The highest BCUT2D eigenvalue weighted by Gasteiger charge is 2.25. The number of nitrogens with zero attached hydrogens (tertiary/aromatic N) is 1. The van der Waals surface area contributed by atoms with E-state index in [1.807, 2.05) is 13.8 Å². The Morgan fingerprint density at radius 1 is 1.37 bits per heavy atom. The van der Waals surface area contributed by atoms with E-state index in [0.717, 1.165) is 0 Å². The Morgan fingerprint density at radius 3 is 2.63 bits per heavy atom. The first kappa shape index (κ1) is 13.6. The second kappa shape index (κ2) is 5.88. The van der Waals surface area contributed by atoms with Crippen LogP contribution < -0.4 is 5.32 Å². The minimum Gasteiger partial charge on any atom is -0.459 e. The van der Waals surface area contributed by atoms with Gasteiger partial charge in [0.2, 0.25) is 5.91 Å². The second-order valence-electron chi connectivity index (χ2n) is 4.72. The van der Waals surface area contributed by atoms with E-state index in [0.29, 0.717) is 13.1 Å². The largest absolute Gasteiger partial charge is 0.459 e. The molecule has 0 aliphatic carbocycles. The average molecular weight is 266 g/mol. The predicted octanol–water partition coefficient (Wildman–Crippen LogP) is 0.645. The van der Waals surface area contributed by atoms with Crippen molar-refractivity contribution in [3.05, 3.63) is 24.2 Å². The van der Waals surface area contributed by atoms with Crippen molar-refractivity contribution in [3.63, 3.8) is 0 Å². The van der Waals surface area contributed by atoms with E-state index in [-0.39, 0.29) is 36.3 Å². The highest BCUT2D eigenvalue weighted by molar-refractivity contribution is 5.94. The molecule has 1 fully saturated rings. The summed E-state index contributed by atoms with van der Waals surface area (Å²) in [6, 6.07) is 3.18. The van der Waals surface area contributed by atoms with Gasteiger partial charge in [-0.25, -0.2) is 0 Å². The zero-order valence-corrected chi connectivity index (χ0v) is 11.1. The molecule has 0 radical (unpaired) electrons. The van der Waals surface area contributed by atoms with Crippen LogP contribution in [0.15, 0.2) is 22.8 Å². The Hall–Kier alpha value is -1.82. The molecule has 0 unspecified atom stereocenters. The van der Waals surface area contributed by atoms with E-state index in [1.165, 1.54) is 6.26 Å². The Labute approximate surface area is 111 Å². The van der Waals surface area contributed by atoms with Crippen LogP contribution >= 0.6 is 0 Å². The lowest BCUT2D eigenvalue weighted by Gasteiger charge is -2.35. The van der Waals surface area contributed by atoms with Crippen LogP contribution in [0.25, 0.3) is 0 Å². The number of hydrogen-bond acceptors (Lipinski definition) is 4. The minimum atomic E-state index is -0.382. The lowest BCUT2D eigenvalue weighted by molar-refractivity contribution is -0.142. The van der Waals surface area contributed by atoms with E-state index in [1.54, 1.807) is 17.0 Å². The van der Waals surface area contributed by atoms with Gasteiger partial charge in [-0.05, 0) is 26.0 Å². The van der Waals surface area contributed by atoms with Crippen molar-refractivity contribution in [1.29, 1.82) is 0 Å². The molecule has 0 aromatic carbocycles. The van der Waals surface area contributed by atoms with Crippen LogP contribution in [0, 0.1) is 0 Å². The van der Waals surface area contributed by atoms with Crippen LogP contribution in [-0.4, -0.2) is 48.6 Å². The molecular formula is C13H18N2O4. The van der Waals surface area contributed by atoms with Gasteiger partial charge in [-0.2, -0.15) is 0 Å². The Kier molecular flexibility index (Phi) is 4.21. The van der Waals surface area contributed by atoms with Crippen molar-refractivity contribution in [1.82, 2.24) is 10.2 Å². The number of carbonyl (C=O) groups excluding carboxylic acids is 2. The third-order valence-corrected chi connectivity index (χ3v) is 2.92. The van der Waals surface area contributed by atoms with Crippen LogP contribution in [0.3, 0.4) is 0 Å². The van der Waals surface area contributed by atoms with Crippen LogP contribution in [0.4, 0.5) is 0 Å². The average Bonchev–Trinajstić information content (AvgIpc) is 2.88. The summed E-state index contributed by atoms with van der Waals surface area (Å²) in [6.07, 6.45) is 1.46. The van der Waals surface area contributed by atoms with Gasteiger partial charge in [0.05, 0.1) is 25.0 Å². The van der Waals surface area contributed by atoms with Gasteiger partial charge < -0.3 is 19.4 Å². The third-order valence-electron chi connectivity index (χ3n) is 2.92. The van der Waals surface area contributed by atoms with Gasteiger partial charge in [-0.15, -0.1) is 0 Å². The van der Waals surface area contributed by atoms with Gasteiger partial charge in [0.1, 0.15) is 0 Å². The summed E-state index contributed by atoms with van der Waals surface area (Å²) in [5.41, 5.74) is 0. The molecule has 1 aliphatic heterocycles. The normalized spacial score (nSPS) is 23.2. The van der Waals surface area contributed by atoms with E-state index in [4.69, 9.17) is 9.15 Å². The Bertz CT molecular complexity index is 434. The summed E-state index contributed by atoms with van der Waals surface area (Å²) in [5.74, 6) is -0.286. The maximum Gasteiger partial charge on any atom is 0.287 e. The number of morpholine rings is 1. The molecule has 0 saturated carbocycles. The number of amides is 2. The lowest BCUT2D eigenvalue weighted by Crippen LogP contribution is -2.51. The SMILES string of the molecule is C[C@@H]1CN(C(=O)CNC(=O)c2ccco2)C[C@H](C)O1. The summed E-state index contributed by atoms with van der Waals surface area (Å²) in [6.45, 7) is 4.94. The number of furan rings is 1. The van der Waals surface area contributed by atoms with E-state index >= 15 is 0 Å². The van der Waals surface area contributed by atoms with Crippen molar-refractivity contribution in [2.24, 2.45) is 0 Å². The number of rotatable bonds is 3. The van der Waals surface area contributed by atoms with Gasteiger partial charge in [-0.1, -0.05) is 0 Å². The maximum absolute atomic E-state index is 12.0. The first-order chi connectivity index (χ1) is 9.06. The third kappa shape index (κ3) is 3.57. The monoisotopic (exact) mass is 266 g/mol. The highest BCUT2D eigenvalue weighted by atomic mass is 16.5. The first-order valence-electron chi connectivity index (χ1n) is 6.31. The van der Waals surface area contributed by atoms with Crippen molar-refractivity contribution in [3.8, 4) is 0 Å². The van der Waals surface area contributed by atoms with Crippen LogP contribution in [-0.2, 0) is 9.53 Å². The molecule has 1 saturated heterocycles. The summed E-state index contributed by atoms with van der Waals surface area (Å²) >= 11 is 0. The molecule has 1 aliphatic rings. The number of ether oxygens (including phenoxy) is 1. The lowest BCUT2D eigenvalue weighted by atomic mass is 10.2. The predicted molar refractivity (Wildman–Crippen MR) is 67.6 cm³/mol. The first-order valence-corrected chi connectivity index (χ1v) is 6.31. The molecule has 1 aromatic heterocycles. The standard InChI is InChI=1S/C13H18N2O4/c1-9-7-15(8-10(2)19-9)12(16)6-14-13(17)11-4-3-5-18-11/h3-5,9-10H,6-8H2,1-2H3,(H,14,17)/t9-,10+. The second-order valence-corrected chi connectivity index (χ2v) is 4.72. The summed E-state index contributed by atoms with van der Waals surface area (Å²) < 4.78 is 10.5. The Balaban J connectivity index is 1.82. The molecule has 2 atom stereocenters. The molecular weight excluding hydrogens is 248 g/mol. The molecule has 0 bridgehead atoms. The van der Waals surface area contributed by atoms with Crippen LogP contribution in [0.2, 0.25) is 0 Å². The molecule has 6 nitrogen and oxygen atoms in total. The highest BCUT2D eigenvalue weighted by Crippen LogP contribution is 2.10. The van der Waals surface area contributed by atoms with Gasteiger partial charge in [-0.3, -0.25) is 9.59 Å². The fraction of sp³-hybridized carbons (Fsp3) is 0.538. The molecule has 0 spiro atoms. The van der Waals surface area contributed by atoms with Gasteiger partial charge in [0.25, 0.3) is 5.91 Å². The Morgan fingerprint density at radius 2 is 2.05 bits per heavy atom. The molecule has 2 amide bonds. The van der Waals surface area contributed by atoms with Crippen LogP contribution in [0.5, 0.6) is 0 Å². The van der Waals surface area contributed by atoms with Crippen LogP contribution in [0.1, 0.15) is 24.4 Å². The fourth-order valence-electron chi connectivity index (χ4n) is 2.14. The summed E-state index contributed by atoms with van der Waals surface area (Å²) in [4.78, 5) is 25.3. The van der Waals surface area contributed by atoms with Crippen molar-refractivity contribution < 1.29 is 18.7 Å². The zero-order chi connectivity index (χ0) is 13.8. The molecule has 2 heterocycles. The fourth-order valence-corrected chi connectivity index (χ4v) is 2.14. The van der Waals surface area contributed by atoms with Crippen molar-refractivity contribution in [2.45, 2.75) is 26.1 Å². The molecule has 6 heteroatoms. The topological polar surface area (TPSA) is 71.8 Å². The quantitative estimate of drug-likeness (QED) is 0.871. The van der Waals surface area contributed by atoms with Gasteiger partial charge in [0.15, 0.2) is 5.76 Å². The molecule has 1 aromatic rings. The van der Waals surface area contributed by atoms with E-state index < -0.39 is 0 Å². The molecule has 104 valence electrons. The van der Waals surface area contributed by atoms with E-state index in [2.05, 4.69) is 5.32 Å². The summed E-state index contributed by atoms with van der Waals surface area (Å²) in [5, 5.41) is 2.55. The van der Waals surface area contributed by atoms with Crippen molar-refractivity contribution in [2.75, 3.05) is 19.6 Å². The smallest absolute Gasteiger partial charge is 0.287 e. The minimum absolute atomic E-state index is 0.0217. The molecule has 19 heavy (non-hydrogen) atoms. The molecule has 2 rings (SSSR count). The van der Waals surface area contributed by atoms with Gasteiger partial charge >= 0.3 is 0 Å². The zero-order valence-electron chi connectivity index (χ0n) is 11.1. The number of carbonyl (C=O) groups is 2. The number of hydrogen-bond donors (Lipinski definition) is 1. The number of nitrogens with one attached hydrogen (secondary N) is 1. The van der Waals surface area contributed by atoms with Crippen molar-refractivity contribution >= 4 is 11.8 Å². The molecule has 1 N–H and O–H groups in total. The van der Waals surface area contributed by atoms with E-state index in [9.17, 15) is 9.59 Å².